The minimum Gasteiger partial charge on any atom is -0.334 e. The highest BCUT2D eigenvalue weighted by Crippen LogP contribution is 2.63. The number of hydrogen-bond donors (Lipinski definition) is 1. The van der Waals surface area contributed by atoms with Crippen molar-refractivity contribution >= 4 is 11.0 Å². The molecule has 0 unspecified atom stereocenters. The van der Waals surface area contributed by atoms with E-state index in [4.69, 9.17) is 5.73 Å². The summed E-state index contributed by atoms with van der Waals surface area (Å²) in [6, 6.07) is 6.61. The summed E-state index contributed by atoms with van der Waals surface area (Å²) >= 11 is 0. The van der Waals surface area contributed by atoms with Gasteiger partial charge in [-0.3, -0.25) is 0 Å². The van der Waals surface area contributed by atoms with Crippen LogP contribution in [0.15, 0.2) is 24.5 Å². The van der Waals surface area contributed by atoms with Crippen LogP contribution in [0.4, 0.5) is 0 Å². The second-order valence-corrected chi connectivity index (χ2v) is 5.74. The summed E-state index contributed by atoms with van der Waals surface area (Å²) in [5, 5.41) is 0. The summed E-state index contributed by atoms with van der Waals surface area (Å²) in [4.78, 5) is 4.42. The Hall–Kier alpha value is -1.35. The molecular weight excluding hydrogens is 210 g/mol. The van der Waals surface area contributed by atoms with Gasteiger partial charge in [0.25, 0.3) is 0 Å². The summed E-state index contributed by atoms with van der Waals surface area (Å²) in [5.74, 6) is 1.21. The first kappa shape index (κ1) is 10.8. The Morgan fingerprint density at radius 3 is 2.82 bits per heavy atom. The summed E-state index contributed by atoms with van der Waals surface area (Å²) in [6.07, 6.45) is 1.87. The highest BCUT2D eigenvalue weighted by molar-refractivity contribution is 5.76. The third kappa shape index (κ3) is 1.42. The van der Waals surface area contributed by atoms with Crippen molar-refractivity contribution < 1.29 is 0 Å². The molecule has 3 rings (SSSR count). The van der Waals surface area contributed by atoms with Crippen molar-refractivity contribution in [3.05, 3.63) is 30.1 Å². The molecular formula is C14H19N3. The zero-order valence-electron chi connectivity index (χ0n) is 10.6. The molecule has 1 aliphatic rings. The van der Waals surface area contributed by atoms with Crippen molar-refractivity contribution in [1.82, 2.24) is 9.55 Å². The monoisotopic (exact) mass is 229 g/mol. The number of imidazole rings is 1. The number of rotatable bonds is 2. The summed E-state index contributed by atoms with van der Waals surface area (Å²) in [5.41, 5.74) is 9.84. The van der Waals surface area contributed by atoms with E-state index in [9.17, 15) is 0 Å². The first-order valence-corrected chi connectivity index (χ1v) is 6.16. The van der Waals surface area contributed by atoms with Gasteiger partial charge in [0.15, 0.2) is 0 Å². The Balaban J connectivity index is 2.03. The smallest absolute Gasteiger partial charge is 0.0955 e. The number of hydrogen-bond acceptors (Lipinski definition) is 2. The quantitative estimate of drug-likeness (QED) is 0.858. The summed E-state index contributed by atoms with van der Waals surface area (Å²) in [6.45, 7) is 5.38. The van der Waals surface area contributed by atoms with Gasteiger partial charge in [0.2, 0.25) is 0 Å². The molecule has 17 heavy (non-hydrogen) atoms. The zero-order valence-corrected chi connectivity index (χ0v) is 10.6. The van der Waals surface area contributed by atoms with E-state index < -0.39 is 0 Å². The molecule has 90 valence electrons. The van der Waals surface area contributed by atoms with Crippen LogP contribution < -0.4 is 5.73 Å². The maximum atomic E-state index is 5.83. The number of benzene rings is 1. The molecule has 0 amide bonds. The molecule has 3 heteroatoms. The lowest BCUT2D eigenvalue weighted by Gasteiger charge is -2.03. The minimum atomic E-state index is 0.344. The Kier molecular flexibility index (Phi) is 2.11. The van der Waals surface area contributed by atoms with Gasteiger partial charge in [-0.2, -0.15) is 0 Å². The molecule has 2 N–H and O–H groups in total. The Bertz CT molecular complexity index is 568. The van der Waals surface area contributed by atoms with Crippen molar-refractivity contribution in [2.24, 2.45) is 24.1 Å². The van der Waals surface area contributed by atoms with Crippen LogP contribution in [-0.2, 0) is 7.05 Å². The maximum absolute atomic E-state index is 5.83. The van der Waals surface area contributed by atoms with Crippen molar-refractivity contribution in [2.75, 3.05) is 6.54 Å². The van der Waals surface area contributed by atoms with Crippen LogP contribution in [0.1, 0.15) is 25.3 Å². The van der Waals surface area contributed by atoms with E-state index in [2.05, 4.69) is 41.6 Å². The van der Waals surface area contributed by atoms with Crippen molar-refractivity contribution in [2.45, 2.75) is 19.8 Å². The number of nitrogens with two attached hydrogens (primary N) is 1. The highest BCUT2D eigenvalue weighted by atomic mass is 15.0. The molecule has 0 spiro atoms. The maximum Gasteiger partial charge on any atom is 0.0955 e. The molecule has 0 aliphatic heterocycles. The lowest BCUT2D eigenvalue weighted by molar-refractivity contribution is 0.558. The van der Waals surface area contributed by atoms with E-state index in [0.29, 0.717) is 17.3 Å². The van der Waals surface area contributed by atoms with Crippen LogP contribution in [0.25, 0.3) is 11.0 Å². The Morgan fingerprint density at radius 2 is 2.18 bits per heavy atom. The first-order chi connectivity index (χ1) is 8.05. The topological polar surface area (TPSA) is 43.8 Å². The molecule has 0 radical (unpaired) electrons. The van der Waals surface area contributed by atoms with E-state index in [1.165, 1.54) is 11.1 Å². The van der Waals surface area contributed by atoms with Crippen LogP contribution >= 0.6 is 0 Å². The third-order valence-corrected chi connectivity index (χ3v) is 4.41. The number of fused-ring (bicyclic) bond motifs is 1. The predicted molar refractivity (Wildman–Crippen MR) is 69.8 cm³/mol. The summed E-state index contributed by atoms with van der Waals surface area (Å²) in [7, 11) is 2.03. The van der Waals surface area contributed by atoms with E-state index in [1.54, 1.807) is 0 Å². The fourth-order valence-corrected chi connectivity index (χ4v) is 3.19. The van der Waals surface area contributed by atoms with E-state index in [1.807, 2.05) is 13.4 Å². The zero-order chi connectivity index (χ0) is 12.2. The molecule has 2 aromatic rings. The van der Waals surface area contributed by atoms with Crippen LogP contribution in [0.5, 0.6) is 0 Å². The predicted octanol–water partition coefficient (Wildman–Crippen LogP) is 2.27. The molecule has 1 aliphatic carbocycles. The fourth-order valence-electron chi connectivity index (χ4n) is 3.19. The van der Waals surface area contributed by atoms with E-state index in [-0.39, 0.29) is 0 Å². The molecule has 1 aromatic heterocycles. The SMILES string of the molecule is Cn1cnc2cc([C@@H]3[C@@H](CN)C3(C)C)ccc21. The second kappa shape index (κ2) is 3.33. The third-order valence-electron chi connectivity index (χ3n) is 4.41. The number of nitrogens with zero attached hydrogens (tertiary/aromatic N) is 2. The molecule has 1 aromatic carbocycles. The van der Waals surface area contributed by atoms with E-state index >= 15 is 0 Å². The molecule has 0 saturated heterocycles. The van der Waals surface area contributed by atoms with Gasteiger partial charge in [0.05, 0.1) is 17.4 Å². The second-order valence-electron chi connectivity index (χ2n) is 5.74. The molecule has 3 nitrogen and oxygen atoms in total. The van der Waals surface area contributed by atoms with Gasteiger partial charge in [-0.05, 0) is 41.5 Å². The van der Waals surface area contributed by atoms with Gasteiger partial charge in [0.1, 0.15) is 0 Å². The minimum absolute atomic E-state index is 0.344. The molecule has 1 saturated carbocycles. The first-order valence-electron chi connectivity index (χ1n) is 6.16. The van der Waals surface area contributed by atoms with Gasteiger partial charge in [-0.15, -0.1) is 0 Å². The molecule has 1 fully saturated rings. The van der Waals surface area contributed by atoms with Gasteiger partial charge < -0.3 is 10.3 Å². The Labute approximate surface area is 102 Å². The lowest BCUT2D eigenvalue weighted by atomic mass is 10.0. The van der Waals surface area contributed by atoms with Crippen LogP contribution in [0.2, 0.25) is 0 Å². The van der Waals surface area contributed by atoms with E-state index in [0.717, 1.165) is 12.1 Å². The largest absolute Gasteiger partial charge is 0.334 e. The van der Waals surface area contributed by atoms with Gasteiger partial charge in [-0.25, -0.2) is 4.98 Å². The average molecular weight is 229 g/mol. The number of aryl methyl sites for hydroxylation is 1. The van der Waals surface area contributed by atoms with Crippen LogP contribution in [0.3, 0.4) is 0 Å². The molecule has 1 heterocycles. The van der Waals surface area contributed by atoms with Crippen LogP contribution in [-0.4, -0.2) is 16.1 Å². The van der Waals surface area contributed by atoms with Gasteiger partial charge >= 0.3 is 0 Å². The lowest BCUT2D eigenvalue weighted by Crippen LogP contribution is -2.05. The summed E-state index contributed by atoms with van der Waals surface area (Å²) < 4.78 is 2.05. The van der Waals surface area contributed by atoms with Crippen LogP contribution in [0, 0.1) is 11.3 Å². The normalized spacial score (nSPS) is 26.4. The Morgan fingerprint density at radius 1 is 1.41 bits per heavy atom. The van der Waals surface area contributed by atoms with Crippen molar-refractivity contribution in [1.29, 1.82) is 0 Å². The standard InChI is InChI=1S/C14H19N3/c1-14(2)10(7-15)13(14)9-4-5-12-11(6-9)16-8-17(12)3/h4-6,8,10,13H,7,15H2,1-3H3/t10-,13-/m1/s1. The molecule has 0 bridgehead atoms. The fraction of sp³-hybridized carbons (Fsp3) is 0.500. The van der Waals surface area contributed by atoms with Gasteiger partial charge in [-0.1, -0.05) is 19.9 Å². The number of aromatic nitrogens is 2. The van der Waals surface area contributed by atoms with Gasteiger partial charge in [0, 0.05) is 7.05 Å². The van der Waals surface area contributed by atoms with Crippen molar-refractivity contribution in [3.8, 4) is 0 Å². The molecule has 2 atom stereocenters. The average Bonchev–Trinajstić information content (AvgIpc) is 2.66. The highest BCUT2D eigenvalue weighted by Gasteiger charge is 2.57. The van der Waals surface area contributed by atoms with Crippen molar-refractivity contribution in [3.63, 3.8) is 0 Å².